The van der Waals surface area contributed by atoms with Crippen LogP contribution >= 0.6 is 0 Å². The van der Waals surface area contributed by atoms with Gasteiger partial charge in [0.1, 0.15) is 17.5 Å². The van der Waals surface area contributed by atoms with Crippen molar-refractivity contribution in [2.24, 2.45) is 0 Å². The minimum Gasteiger partial charge on any atom is -0.373 e. The van der Waals surface area contributed by atoms with Gasteiger partial charge in [0.05, 0.1) is 0 Å². The summed E-state index contributed by atoms with van der Waals surface area (Å²) in [6, 6.07) is 10.3. The van der Waals surface area contributed by atoms with Crippen LogP contribution < -0.4 is 10.6 Å². The minimum atomic E-state index is 0.515. The number of aromatic nitrogens is 2. The van der Waals surface area contributed by atoms with E-state index in [0.29, 0.717) is 5.92 Å². The van der Waals surface area contributed by atoms with E-state index in [1.165, 1.54) is 5.56 Å². The van der Waals surface area contributed by atoms with Crippen molar-refractivity contribution < 1.29 is 0 Å². The lowest BCUT2D eigenvalue weighted by Crippen LogP contribution is -2.03. The quantitative estimate of drug-likeness (QED) is 0.863. The average Bonchev–Trinajstić information content (AvgIpc) is 2.47. The predicted octanol–water partition coefficient (Wildman–Crippen LogP) is 3.95. The van der Waals surface area contributed by atoms with E-state index in [1.54, 1.807) is 0 Å². The highest BCUT2D eigenvalue weighted by molar-refractivity contribution is 5.60. The third-order valence-corrected chi connectivity index (χ3v) is 3.17. The second-order valence-electron chi connectivity index (χ2n) is 5.06. The Morgan fingerprint density at radius 1 is 1.10 bits per heavy atom. The average molecular weight is 270 g/mol. The van der Waals surface area contributed by atoms with Crippen LogP contribution in [0.2, 0.25) is 0 Å². The van der Waals surface area contributed by atoms with E-state index in [-0.39, 0.29) is 0 Å². The number of rotatable bonds is 5. The van der Waals surface area contributed by atoms with Crippen molar-refractivity contribution in [3.05, 3.63) is 41.7 Å². The van der Waals surface area contributed by atoms with Crippen LogP contribution in [0.15, 0.2) is 30.3 Å². The number of nitrogens with one attached hydrogen (secondary N) is 2. The first-order valence-corrected chi connectivity index (χ1v) is 7.05. The maximum Gasteiger partial charge on any atom is 0.136 e. The molecule has 0 atom stereocenters. The lowest BCUT2D eigenvalue weighted by molar-refractivity contribution is 0.867. The molecule has 0 spiro atoms. The summed E-state index contributed by atoms with van der Waals surface area (Å²) in [4.78, 5) is 8.90. The second-order valence-corrected chi connectivity index (χ2v) is 5.06. The molecule has 106 valence electrons. The van der Waals surface area contributed by atoms with Gasteiger partial charge in [-0.15, -0.1) is 0 Å². The number of nitrogens with zero attached hydrogens (tertiary/aromatic N) is 2. The Kier molecular flexibility index (Phi) is 4.56. The summed E-state index contributed by atoms with van der Waals surface area (Å²) in [5, 5.41) is 6.42. The third kappa shape index (κ3) is 3.47. The molecule has 4 heteroatoms. The zero-order chi connectivity index (χ0) is 14.5. The van der Waals surface area contributed by atoms with Gasteiger partial charge in [-0.2, -0.15) is 0 Å². The molecule has 2 N–H and O–H groups in total. The van der Waals surface area contributed by atoms with Gasteiger partial charge in [-0.05, 0) is 23.6 Å². The fourth-order valence-corrected chi connectivity index (χ4v) is 1.97. The molecule has 0 saturated carbocycles. The lowest BCUT2D eigenvalue weighted by Gasteiger charge is -2.11. The highest BCUT2D eigenvalue weighted by Crippen LogP contribution is 2.22. The van der Waals surface area contributed by atoms with Crippen LogP contribution in [0.5, 0.6) is 0 Å². The van der Waals surface area contributed by atoms with E-state index in [1.807, 2.05) is 13.1 Å². The molecular formula is C16H22N4. The van der Waals surface area contributed by atoms with Crippen molar-refractivity contribution in [1.29, 1.82) is 0 Å². The summed E-state index contributed by atoms with van der Waals surface area (Å²) < 4.78 is 0. The molecule has 0 unspecified atom stereocenters. The Balaban J connectivity index is 2.27. The van der Waals surface area contributed by atoms with Crippen molar-refractivity contribution in [2.75, 3.05) is 17.7 Å². The molecule has 4 nitrogen and oxygen atoms in total. The molecule has 0 fully saturated rings. The number of hydrogen-bond donors (Lipinski definition) is 2. The number of anilines is 3. The van der Waals surface area contributed by atoms with Crippen LogP contribution in [0.4, 0.5) is 17.3 Å². The van der Waals surface area contributed by atoms with Crippen LogP contribution in [0.1, 0.15) is 38.1 Å². The van der Waals surface area contributed by atoms with E-state index in [0.717, 1.165) is 29.6 Å². The van der Waals surface area contributed by atoms with Gasteiger partial charge in [0, 0.05) is 25.2 Å². The molecule has 0 aliphatic rings. The van der Waals surface area contributed by atoms with Crippen LogP contribution in [-0.4, -0.2) is 17.0 Å². The summed E-state index contributed by atoms with van der Waals surface area (Å²) >= 11 is 0. The first-order chi connectivity index (χ1) is 9.62. The predicted molar refractivity (Wildman–Crippen MR) is 84.8 cm³/mol. The van der Waals surface area contributed by atoms with Gasteiger partial charge in [-0.25, -0.2) is 9.97 Å². The van der Waals surface area contributed by atoms with Crippen LogP contribution in [0.25, 0.3) is 0 Å². The summed E-state index contributed by atoms with van der Waals surface area (Å²) in [7, 11) is 1.87. The van der Waals surface area contributed by atoms with Crippen molar-refractivity contribution in [1.82, 2.24) is 9.97 Å². The van der Waals surface area contributed by atoms with Gasteiger partial charge in [-0.3, -0.25) is 0 Å². The van der Waals surface area contributed by atoms with E-state index >= 15 is 0 Å². The van der Waals surface area contributed by atoms with Gasteiger partial charge in [0.2, 0.25) is 0 Å². The van der Waals surface area contributed by atoms with E-state index in [4.69, 9.17) is 0 Å². The van der Waals surface area contributed by atoms with E-state index in [2.05, 4.69) is 65.6 Å². The topological polar surface area (TPSA) is 49.8 Å². The maximum atomic E-state index is 4.51. The number of benzene rings is 1. The third-order valence-electron chi connectivity index (χ3n) is 3.17. The first-order valence-electron chi connectivity index (χ1n) is 7.05. The lowest BCUT2D eigenvalue weighted by atomic mass is 10.0. The molecule has 2 rings (SSSR count). The minimum absolute atomic E-state index is 0.515. The molecule has 2 aromatic rings. The largest absolute Gasteiger partial charge is 0.373 e. The van der Waals surface area contributed by atoms with Gasteiger partial charge in [-0.1, -0.05) is 32.9 Å². The highest BCUT2D eigenvalue weighted by atomic mass is 15.1. The fraction of sp³-hybridized carbons (Fsp3) is 0.375. The molecule has 1 heterocycles. The highest BCUT2D eigenvalue weighted by Gasteiger charge is 2.04. The number of aryl methyl sites for hydroxylation is 1. The van der Waals surface area contributed by atoms with E-state index in [9.17, 15) is 0 Å². The second kappa shape index (κ2) is 6.37. The number of hydrogen-bond acceptors (Lipinski definition) is 4. The van der Waals surface area contributed by atoms with Crippen LogP contribution in [0.3, 0.4) is 0 Å². The normalized spacial score (nSPS) is 10.7. The van der Waals surface area contributed by atoms with Crippen LogP contribution in [-0.2, 0) is 6.42 Å². The molecule has 1 aromatic heterocycles. The fourth-order valence-electron chi connectivity index (χ4n) is 1.97. The molecule has 0 aliphatic carbocycles. The molecule has 0 bridgehead atoms. The monoisotopic (exact) mass is 270 g/mol. The van der Waals surface area contributed by atoms with Crippen molar-refractivity contribution in [2.45, 2.75) is 33.1 Å². The van der Waals surface area contributed by atoms with Crippen molar-refractivity contribution in [3.8, 4) is 0 Å². The molecule has 0 amide bonds. The molecule has 0 radical (unpaired) electrons. The van der Waals surface area contributed by atoms with Gasteiger partial charge in [0.25, 0.3) is 0 Å². The summed E-state index contributed by atoms with van der Waals surface area (Å²) in [6.45, 7) is 6.44. The molecular weight excluding hydrogens is 248 g/mol. The Hall–Kier alpha value is -2.10. The maximum absolute atomic E-state index is 4.51. The standard InChI is InChI=1S/C16H22N4/c1-5-14-19-15(17-4)10-16(20-14)18-13-8-6-7-12(9-13)11(2)3/h6-11H,5H2,1-4H3,(H2,17,18,19,20). The molecule has 0 saturated heterocycles. The SMILES string of the molecule is CCc1nc(NC)cc(Nc2cccc(C(C)C)c2)n1. The van der Waals surface area contributed by atoms with E-state index < -0.39 is 0 Å². The summed E-state index contributed by atoms with van der Waals surface area (Å²) in [6.07, 6.45) is 0.816. The Labute approximate surface area is 120 Å². The zero-order valence-corrected chi connectivity index (χ0v) is 12.6. The zero-order valence-electron chi connectivity index (χ0n) is 12.6. The van der Waals surface area contributed by atoms with Gasteiger partial charge >= 0.3 is 0 Å². The smallest absolute Gasteiger partial charge is 0.136 e. The summed E-state index contributed by atoms with van der Waals surface area (Å²) in [5.41, 5.74) is 2.37. The van der Waals surface area contributed by atoms with Crippen LogP contribution in [0, 0.1) is 0 Å². The Morgan fingerprint density at radius 2 is 1.85 bits per heavy atom. The first kappa shape index (κ1) is 14.3. The molecule has 0 aliphatic heterocycles. The Bertz CT molecular complexity index is 556. The Morgan fingerprint density at radius 3 is 2.50 bits per heavy atom. The van der Waals surface area contributed by atoms with Crippen molar-refractivity contribution >= 4 is 17.3 Å². The molecule has 20 heavy (non-hydrogen) atoms. The van der Waals surface area contributed by atoms with Crippen molar-refractivity contribution in [3.63, 3.8) is 0 Å². The van der Waals surface area contributed by atoms with Gasteiger partial charge < -0.3 is 10.6 Å². The summed E-state index contributed by atoms with van der Waals surface area (Å²) in [5.74, 6) is 3.00. The van der Waals surface area contributed by atoms with Gasteiger partial charge in [0.15, 0.2) is 0 Å². The molecule has 1 aromatic carbocycles.